The van der Waals surface area contributed by atoms with Crippen molar-refractivity contribution < 1.29 is 13.2 Å². The monoisotopic (exact) mass is 394 g/mol. The zero-order chi connectivity index (χ0) is 19.0. The lowest BCUT2D eigenvalue weighted by molar-refractivity contribution is -0.121. The van der Waals surface area contributed by atoms with Crippen molar-refractivity contribution in [1.29, 1.82) is 0 Å². The average Bonchev–Trinajstić information content (AvgIpc) is 2.64. The fourth-order valence-corrected chi connectivity index (χ4v) is 3.67. The normalized spacial score (nSPS) is 11.3. The van der Waals surface area contributed by atoms with Gasteiger partial charge in [0, 0.05) is 24.5 Å². The van der Waals surface area contributed by atoms with Crippen molar-refractivity contribution in [2.24, 2.45) is 0 Å². The largest absolute Gasteiger partial charge is 0.352 e. The predicted molar refractivity (Wildman–Crippen MR) is 104 cm³/mol. The number of halogens is 1. The Kier molecular flexibility index (Phi) is 7.63. The van der Waals surface area contributed by atoms with Crippen molar-refractivity contribution in [3.05, 3.63) is 64.7 Å². The second-order valence-corrected chi connectivity index (χ2v) is 8.08. The highest BCUT2D eigenvalue weighted by Crippen LogP contribution is 2.15. The minimum absolute atomic E-state index is 0.0776. The Bertz CT molecular complexity index is 836. The fraction of sp³-hybridized carbons (Fsp3) is 0.316. The Morgan fingerprint density at radius 1 is 1.08 bits per heavy atom. The highest BCUT2D eigenvalue weighted by molar-refractivity contribution is 7.89. The SMILES string of the molecule is CCCNS(=O)(=O)c1ccc(CCC(=O)NCc2ccccc2Cl)cc1. The molecule has 26 heavy (non-hydrogen) atoms. The number of hydrogen-bond acceptors (Lipinski definition) is 3. The summed E-state index contributed by atoms with van der Waals surface area (Å²) in [6.07, 6.45) is 1.60. The zero-order valence-electron chi connectivity index (χ0n) is 14.7. The molecular formula is C19H23ClN2O3S. The van der Waals surface area contributed by atoms with Crippen LogP contribution in [0.1, 0.15) is 30.9 Å². The van der Waals surface area contributed by atoms with E-state index in [4.69, 9.17) is 11.6 Å². The first-order valence-corrected chi connectivity index (χ1v) is 10.4. The summed E-state index contributed by atoms with van der Waals surface area (Å²) in [6, 6.07) is 14.0. The van der Waals surface area contributed by atoms with Gasteiger partial charge in [0.05, 0.1) is 4.90 Å². The molecule has 0 radical (unpaired) electrons. The van der Waals surface area contributed by atoms with Crippen molar-refractivity contribution in [1.82, 2.24) is 10.0 Å². The van der Waals surface area contributed by atoms with Crippen LogP contribution >= 0.6 is 11.6 Å². The Labute approximate surface area is 159 Å². The molecule has 0 aliphatic heterocycles. The summed E-state index contributed by atoms with van der Waals surface area (Å²) in [5.74, 6) is -0.0776. The van der Waals surface area contributed by atoms with Crippen LogP contribution < -0.4 is 10.0 Å². The molecule has 0 bridgehead atoms. The third-order valence-electron chi connectivity index (χ3n) is 3.85. The number of aryl methyl sites for hydroxylation is 1. The van der Waals surface area contributed by atoms with Crippen molar-refractivity contribution in [2.45, 2.75) is 37.6 Å². The van der Waals surface area contributed by atoms with Gasteiger partial charge in [0.2, 0.25) is 15.9 Å². The molecule has 0 saturated heterocycles. The summed E-state index contributed by atoms with van der Waals surface area (Å²) < 4.78 is 26.6. The van der Waals surface area contributed by atoms with Gasteiger partial charge in [0.1, 0.15) is 0 Å². The van der Waals surface area contributed by atoms with Crippen LogP contribution in [0.5, 0.6) is 0 Å². The number of rotatable bonds is 9. The molecule has 0 aliphatic rings. The standard InChI is InChI=1S/C19H23ClN2O3S/c1-2-13-22-26(24,25)17-10-7-15(8-11-17)9-12-19(23)21-14-16-5-3-4-6-18(16)20/h3-8,10-11,22H,2,9,12-14H2,1H3,(H,21,23). The molecule has 2 aromatic carbocycles. The molecule has 0 atom stereocenters. The summed E-state index contributed by atoms with van der Waals surface area (Å²) in [5, 5.41) is 3.47. The maximum Gasteiger partial charge on any atom is 0.240 e. The Morgan fingerprint density at radius 2 is 1.77 bits per heavy atom. The van der Waals surface area contributed by atoms with Crippen LogP contribution in [-0.4, -0.2) is 20.9 Å². The number of amides is 1. The predicted octanol–water partition coefficient (Wildman–Crippen LogP) is 3.28. The van der Waals surface area contributed by atoms with Crippen molar-refractivity contribution >= 4 is 27.5 Å². The number of carbonyl (C=O) groups excluding carboxylic acids is 1. The molecule has 0 unspecified atom stereocenters. The van der Waals surface area contributed by atoms with Gasteiger partial charge in [-0.1, -0.05) is 48.9 Å². The molecule has 0 heterocycles. The minimum Gasteiger partial charge on any atom is -0.352 e. The molecule has 2 aromatic rings. The van der Waals surface area contributed by atoms with E-state index in [1.807, 2.05) is 25.1 Å². The summed E-state index contributed by atoms with van der Waals surface area (Å²) in [4.78, 5) is 12.2. The molecule has 2 rings (SSSR count). The molecule has 7 heteroatoms. The first-order valence-electron chi connectivity index (χ1n) is 8.51. The molecule has 0 aliphatic carbocycles. The third kappa shape index (κ3) is 6.12. The van der Waals surface area contributed by atoms with Gasteiger partial charge >= 0.3 is 0 Å². The number of nitrogens with one attached hydrogen (secondary N) is 2. The van der Waals surface area contributed by atoms with E-state index < -0.39 is 10.0 Å². The van der Waals surface area contributed by atoms with Crippen LogP contribution in [-0.2, 0) is 27.8 Å². The summed E-state index contributed by atoms with van der Waals surface area (Å²) in [6.45, 7) is 2.71. The lowest BCUT2D eigenvalue weighted by Crippen LogP contribution is -2.24. The first-order chi connectivity index (χ1) is 12.4. The molecule has 1 amide bonds. The van der Waals surface area contributed by atoms with Gasteiger partial charge in [-0.2, -0.15) is 0 Å². The van der Waals surface area contributed by atoms with Crippen molar-refractivity contribution in [2.75, 3.05) is 6.54 Å². The van der Waals surface area contributed by atoms with Gasteiger partial charge in [0.25, 0.3) is 0 Å². The lowest BCUT2D eigenvalue weighted by Gasteiger charge is -2.08. The molecule has 2 N–H and O–H groups in total. The highest BCUT2D eigenvalue weighted by atomic mass is 35.5. The third-order valence-corrected chi connectivity index (χ3v) is 5.70. The van der Waals surface area contributed by atoms with Gasteiger partial charge in [-0.3, -0.25) is 4.79 Å². The van der Waals surface area contributed by atoms with E-state index in [0.29, 0.717) is 31.0 Å². The van der Waals surface area contributed by atoms with E-state index in [2.05, 4.69) is 10.0 Å². The van der Waals surface area contributed by atoms with E-state index in [0.717, 1.165) is 17.5 Å². The first kappa shape index (κ1) is 20.4. The van der Waals surface area contributed by atoms with Crippen LogP contribution in [0.3, 0.4) is 0 Å². The molecule has 5 nitrogen and oxygen atoms in total. The Balaban J connectivity index is 1.84. The van der Waals surface area contributed by atoms with Crippen LogP contribution in [0.2, 0.25) is 5.02 Å². The highest BCUT2D eigenvalue weighted by Gasteiger charge is 2.12. The van der Waals surface area contributed by atoms with Crippen molar-refractivity contribution in [3.8, 4) is 0 Å². The molecule has 0 fully saturated rings. The molecular weight excluding hydrogens is 372 g/mol. The Hall–Kier alpha value is -1.89. The summed E-state index contributed by atoms with van der Waals surface area (Å²) in [7, 11) is -3.46. The van der Waals surface area contributed by atoms with Gasteiger partial charge in [-0.15, -0.1) is 0 Å². The van der Waals surface area contributed by atoms with E-state index in [9.17, 15) is 13.2 Å². The molecule has 0 saturated carbocycles. The number of sulfonamides is 1. The van der Waals surface area contributed by atoms with Crippen LogP contribution in [0.25, 0.3) is 0 Å². The zero-order valence-corrected chi connectivity index (χ0v) is 16.2. The quantitative estimate of drug-likeness (QED) is 0.685. The van der Waals surface area contributed by atoms with E-state index in [-0.39, 0.29) is 10.8 Å². The van der Waals surface area contributed by atoms with Crippen molar-refractivity contribution in [3.63, 3.8) is 0 Å². The summed E-state index contributed by atoms with van der Waals surface area (Å²) in [5.41, 5.74) is 1.78. The summed E-state index contributed by atoms with van der Waals surface area (Å²) >= 11 is 6.06. The fourth-order valence-electron chi connectivity index (χ4n) is 2.34. The molecule has 0 aromatic heterocycles. The lowest BCUT2D eigenvalue weighted by atomic mass is 10.1. The minimum atomic E-state index is -3.46. The van der Waals surface area contributed by atoms with E-state index in [1.165, 1.54) is 0 Å². The number of benzene rings is 2. The maximum absolute atomic E-state index is 12.0. The maximum atomic E-state index is 12.0. The van der Waals surface area contributed by atoms with Gasteiger partial charge in [-0.05, 0) is 42.2 Å². The number of hydrogen-bond donors (Lipinski definition) is 2. The molecule has 140 valence electrons. The van der Waals surface area contributed by atoms with Crippen LogP contribution in [0.4, 0.5) is 0 Å². The number of carbonyl (C=O) groups is 1. The van der Waals surface area contributed by atoms with E-state index in [1.54, 1.807) is 30.3 Å². The van der Waals surface area contributed by atoms with Gasteiger partial charge in [-0.25, -0.2) is 13.1 Å². The second kappa shape index (κ2) is 9.71. The van der Waals surface area contributed by atoms with Crippen LogP contribution in [0.15, 0.2) is 53.4 Å². The van der Waals surface area contributed by atoms with Crippen LogP contribution in [0, 0.1) is 0 Å². The average molecular weight is 395 g/mol. The topological polar surface area (TPSA) is 75.3 Å². The Morgan fingerprint density at radius 3 is 2.42 bits per heavy atom. The van der Waals surface area contributed by atoms with Gasteiger partial charge < -0.3 is 5.32 Å². The van der Waals surface area contributed by atoms with Gasteiger partial charge in [0.15, 0.2) is 0 Å². The molecule has 0 spiro atoms. The second-order valence-electron chi connectivity index (χ2n) is 5.91. The smallest absolute Gasteiger partial charge is 0.240 e. The van der Waals surface area contributed by atoms with E-state index >= 15 is 0 Å².